The molecule has 0 aliphatic carbocycles. The van der Waals surface area contributed by atoms with Gasteiger partial charge in [-0.25, -0.2) is 8.61 Å². The molecule has 56 valence electrons. The van der Waals surface area contributed by atoms with Crippen LogP contribution in [-0.2, 0) is 0 Å². The number of hydrogen-bond acceptors (Lipinski definition) is 5. The lowest BCUT2D eigenvalue weighted by Crippen LogP contribution is -1.98. The minimum atomic E-state index is 1.73. The molecule has 0 bridgehead atoms. The summed E-state index contributed by atoms with van der Waals surface area (Å²) < 4.78 is 4.14. The fourth-order valence-corrected chi connectivity index (χ4v) is 3.65. The molecular formula is C4H12N2S3. The van der Waals surface area contributed by atoms with Crippen molar-refractivity contribution in [1.29, 1.82) is 0 Å². The molecule has 0 aromatic carbocycles. The molecule has 9 heavy (non-hydrogen) atoms. The van der Waals surface area contributed by atoms with E-state index in [-0.39, 0.29) is 0 Å². The third-order valence-electron chi connectivity index (χ3n) is 0.359. The minimum Gasteiger partial charge on any atom is -0.247 e. The van der Waals surface area contributed by atoms with Crippen LogP contribution in [0.4, 0.5) is 0 Å². The van der Waals surface area contributed by atoms with E-state index in [2.05, 4.69) is 8.61 Å². The predicted octanol–water partition coefficient (Wildman–Crippen LogP) is 1.97. The molecule has 2 nitrogen and oxygen atoms in total. The lowest BCUT2D eigenvalue weighted by molar-refractivity contribution is 0.709. The van der Waals surface area contributed by atoms with Crippen molar-refractivity contribution in [3.8, 4) is 0 Å². The van der Waals surface area contributed by atoms with E-state index in [9.17, 15) is 0 Å². The van der Waals surface area contributed by atoms with Gasteiger partial charge in [0.25, 0.3) is 0 Å². The molecule has 0 unspecified atom stereocenters. The average Bonchev–Trinajstić information content (AvgIpc) is 1.63. The molecule has 0 saturated heterocycles. The Morgan fingerprint density at radius 3 is 1.33 bits per heavy atom. The summed E-state index contributed by atoms with van der Waals surface area (Å²) in [6.07, 6.45) is 0. The lowest BCUT2D eigenvalue weighted by atomic mass is 11.3. The van der Waals surface area contributed by atoms with Crippen LogP contribution < -0.4 is 0 Å². The van der Waals surface area contributed by atoms with E-state index in [0.29, 0.717) is 0 Å². The van der Waals surface area contributed by atoms with Gasteiger partial charge in [0.05, 0.1) is 0 Å². The molecule has 0 aliphatic rings. The summed E-state index contributed by atoms with van der Waals surface area (Å²) in [7, 11) is 13.4. The Hall–Kier alpha value is 0.970. The van der Waals surface area contributed by atoms with Gasteiger partial charge in [0, 0.05) is 31.8 Å². The van der Waals surface area contributed by atoms with Crippen molar-refractivity contribution in [3.63, 3.8) is 0 Å². The van der Waals surface area contributed by atoms with Crippen molar-refractivity contribution >= 4 is 31.8 Å². The molecule has 0 fully saturated rings. The third-order valence-corrected chi connectivity index (χ3v) is 4.33. The molecule has 0 aliphatic heterocycles. The molecule has 0 aromatic heterocycles. The van der Waals surface area contributed by atoms with E-state index in [0.717, 1.165) is 0 Å². The van der Waals surface area contributed by atoms with Crippen LogP contribution in [0, 0.1) is 0 Å². The van der Waals surface area contributed by atoms with E-state index < -0.39 is 0 Å². The van der Waals surface area contributed by atoms with Gasteiger partial charge in [-0.2, -0.15) is 0 Å². The molecule has 0 amide bonds. The van der Waals surface area contributed by atoms with Crippen molar-refractivity contribution in [3.05, 3.63) is 0 Å². The maximum Gasteiger partial charge on any atom is 0.00854 e. The van der Waals surface area contributed by atoms with Crippen molar-refractivity contribution < 1.29 is 0 Å². The smallest absolute Gasteiger partial charge is 0.00854 e. The fourth-order valence-electron chi connectivity index (χ4n) is 0.135. The zero-order valence-electron chi connectivity index (χ0n) is 6.12. The second-order valence-corrected chi connectivity index (χ2v) is 6.26. The Kier molecular flexibility index (Phi) is 6.35. The van der Waals surface area contributed by atoms with Gasteiger partial charge in [-0.3, -0.25) is 0 Å². The second-order valence-electron chi connectivity index (χ2n) is 1.84. The Balaban J connectivity index is 2.91. The molecule has 0 heterocycles. The maximum atomic E-state index is 2.07. The van der Waals surface area contributed by atoms with E-state index in [1.165, 1.54) is 0 Å². The summed E-state index contributed by atoms with van der Waals surface area (Å²) in [5.41, 5.74) is 0. The molecule has 0 saturated carbocycles. The van der Waals surface area contributed by atoms with E-state index in [1.54, 1.807) is 31.8 Å². The van der Waals surface area contributed by atoms with Gasteiger partial charge in [-0.1, -0.05) is 0 Å². The van der Waals surface area contributed by atoms with Gasteiger partial charge in [0.1, 0.15) is 0 Å². The summed E-state index contributed by atoms with van der Waals surface area (Å²) in [5, 5.41) is 0. The topological polar surface area (TPSA) is 6.48 Å². The quantitative estimate of drug-likeness (QED) is 0.485. The van der Waals surface area contributed by atoms with Gasteiger partial charge < -0.3 is 0 Å². The van der Waals surface area contributed by atoms with Gasteiger partial charge >= 0.3 is 0 Å². The van der Waals surface area contributed by atoms with E-state index in [4.69, 9.17) is 0 Å². The van der Waals surface area contributed by atoms with Crippen LogP contribution in [0.5, 0.6) is 0 Å². The number of hydrogen-bond donors (Lipinski definition) is 0. The first-order chi connectivity index (χ1) is 4.13. The summed E-state index contributed by atoms with van der Waals surface area (Å²) in [4.78, 5) is 0. The van der Waals surface area contributed by atoms with Gasteiger partial charge in [0.2, 0.25) is 0 Å². The Morgan fingerprint density at radius 1 is 0.778 bits per heavy atom. The third kappa shape index (κ3) is 8.97. The summed E-state index contributed by atoms with van der Waals surface area (Å²) in [5.74, 6) is 0. The van der Waals surface area contributed by atoms with Crippen LogP contribution in [0.15, 0.2) is 0 Å². The predicted molar refractivity (Wildman–Crippen MR) is 50.1 cm³/mol. The van der Waals surface area contributed by atoms with Gasteiger partial charge in [0.15, 0.2) is 0 Å². The Labute approximate surface area is 68.8 Å². The molecule has 0 rings (SSSR count). The van der Waals surface area contributed by atoms with Crippen LogP contribution in [-0.4, -0.2) is 36.8 Å². The van der Waals surface area contributed by atoms with E-state index >= 15 is 0 Å². The Morgan fingerprint density at radius 2 is 1.11 bits per heavy atom. The SMILES string of the molecule is CN(C)SSSN(C)C. The largest absolute Gasteiger partial charge is 0.247 e. The van der Waals surface area contributed by atoms with Gasteiger partial charge in [-0.05, 0) is 28.2 Å². The molecule has 0 atom stereocenters. The van der Waals surface area contributed by atoms with Gasteiger partial charge in [-0.15, -0.1) is 0 Å². The van der Waals surface area contributed by atoms with Crippen LogP contribution in [0.25, 0.3) is 0 Å². The average molecular weight is 184 g/mol. The molecular weight excluding hydrogens is 172 g/mol. The van der Waals surface area contributed by atoms with Crippen LogP contribution in [0.1, 0.15) is 0 Å². The fraction of sp³-hybridized carbons (Fsp3) is 1.00. The highest BCUT2D eigenvalue weighted by atomic mass is 33.5. The number of rotatable bonds is 4. The normalized spacial score (nSPS) is 11.3. The minimum absolute atomic E-state index is 1.73. The first kappa shape index (κ1) is 9.97. The van der Waals surface area contributed by atoms with Crippen molar-refractivity contribution in [1.82, 2.24) is 8.61 Å². The van der Waals surface area contributed by atoms with Crippen molar-refractivity contribution in [2.24, 2.45) is 0 Å². The van der Waals surface area contributed by atoms with Crippen molar-refractivity contribution in [2.75, 3.05) is 28.2 Å². The zero-order valence-corrected chi connectivity index (χ0v) is 8.57. The highest BCUT2D eigenvalue weighted by molar-refractivity contribution is 9.08. The highest BCUT2D eigenvalue weighted by Crippen LogP contribution is 2.36. The first-order valence-electron chi connectivity index (χ1n) is 2.49. The summed E-state index contributed by atoms with van der Waals surface area (Å²) in [6.45, 7) is 0. The van der Waals surface area contributed by atoms with Crippen molar-refractivity contribution in [2.45, 2.75) is 0 Å². The second kappa shape index (κ2) is 5.73. The maximum absolute atomic E-state index is 2.07. The first-order valence-corrected chi connectivity index (χ1v) is 5.88. The summed E-state index contributed by atoms with van der Waals surface area (Å²) in [6, 6.07) is 0. The molecule has 0 aromatic rings. The highest BCUT2D eigenvalue weighted by Gasteiger charge is 1.93. The van der Waals surface area contributed by atoms with E-state index in [1.807, 2.05) is 28.2 Å². The lowest BCUT2D eigenvalue weighted by Gasteiger charge is -2.09. The summed E-state index contributed by atoms with van der Waals surface area (Å²) >= 11 is 0. The molecule has 5 heteroatoms. The van der Waals surface area contributed by atoms with Crippen LogP contribution in [0.3, 0.4) is 0 Å². The standard InChI is InChI=1S/C4H12N2S3/c1-5(2)7-9-8-6(3)4/h1-4H3. The Bertz CT molecular complexity index is 58.8. The van der Waals surface area contributed by atoms with Crippen LogP contribution >= 0.6 is 31.8 Å². The molecule has 0 N–H and O–H groups in total. The monoisotopic (exact) mass is 184 g/mol. The molecule has 0 spiro atoms. The molecule has 0 radical (unpaired) electrons. The van der Waals surface area contributed by atoms with Crippen LogP contribution in [0.2, 0.25) is 0 Å². The zero-order chi connectivity index (χ0) is 7.28. The number of nitrogens with zero attached hydrogens (tertiary/aromatic N) is 2.